The Morgan fingerprint density at radius 1 is 0.574 bits per heavy atom. The van der Waals surface area contributed by atoms with E-state index in [0.717, 1.165) is 64.2 Å². The zero-order valence-corrected chi connectivity index (χ0v) is 35.6. The van der Waals surface area contributed by atoms with Gasteiger partial charge in [0.25, 0.3) is 0 Å². The molecule has 3 atom stereocenters. The standard InChI is InChI=1S/C44H83O9P/c1-3-5-7-9-11-13-15-17-18-19-20-21-22-23-25-27-29-31-33-35-37-50-40-43(41-52-54(48,49)51-39-42(46)38-45)53-44(47)36-34-32-30-28-26-24-16-14-12-10-8-6-4-2/h11,13-14,16-18,42-43,45-46H,3-10,12,15,19-41H2,1-2H3,(H,48,49)/b13-11-,16-14-,18-17-. The molecule has 0 aliphatic rings. The van der Waals surface area contributed by atoms with Crippen LogP contribution in [0.3, 0.4) is 0 Å². The Bertz CT molecular complexity index is 939. The fourth-order valence-electron chi connectivity index (χ4n) is 5.91. The number of aliphatic hydroxyl groups excluding tert-OH is 2. The van der Waals surface area contributed by atoms with Gasteiger partial charge in [-0.2, -0.15) is 0 Å². The number of phosphoric ester groups is 1. The van der Waals surface area contributed by atoms with Gasteiger partial charge in [-0.1, -0.05) is 153 Å². The SMILES string of the molecule is CCCCC/C=C\C/C=C\CCCCCCCCCCCCOCC(COP(=O)(O)OCC(O)CO)OC(=O)CCCCCCC/C=C\CCCCCC. The van der Waals surface area contributed by atoms with Crippen LogP contribution in [-0.4, -0.2) is 66.3 Å². The highest BCUT2D eigenvalue weighted by Gasteiger charge is 2.26. The van der Waals surface area contributed by atoms with Gasteiger partial charge < -0.3 is 24.6 Å². The zero-order chi connectivity index (χ0) is 39.6. The number of phosphoric acid groups is 1. The van der Waals surface area contributed by atoms with Gasteiger partial charge in [-0.3, -0.25) is 13.8 Å². The average Bonchev–Trinajstić information content (AvgIpc) is 3.16. The van der Waals surface area contributed by atoms with Gasteiger partial charge >= 0.3 is 13.8 Å². The highest BCUT2D eigenvalue weighted by atomic mass is 31.2. The van der Waals surface area contributed by atoms with Gasteiger partial charge in [-0.25, -0.2) is 4.57 Å². The summed E-state index contributed by atoms with van der Waals surface area (Å²) in [6.45, 7) is 3.47. The second-order valence-electron chi connectivity index (χ2n) is 14.7. The van der Waals surface area contributed by atoms with Crippen LogP contribution < -0.4 is 0 Å². The van der Waals surface area contributed by atoms with Gasteiger partial charge in [0.2, 0.25) is 0 Å². The van der Waals surface area contributed by atoms with Gasteiger partial charge in [-0.05, 0) is 70.6 Å². The van der Waals surface area contributed by atoms with E-state index in [0.29, 0.717) is 6.61 Å². The van der Waals surface area contributed by atoms with Crippen LogP contribution in [0.1, 0.15) is 194 Å². The van der Waals surface area contributed by atoms with Gasteiger partial charge in [0, 0.05) is 13.0 Å². The predicted molar refractivity (Wildman–Crippen MR) is 224 cm³/mol. The molecule has 3 unspecified atom stereocenters. The van der Waals surface area contributed by atoms with Crippen molar-refractivity contribution in [3.05, 3.63) is 36.5 Å². The van der Waals surface area contributed by atoms with Gasteiger partial charge in [0.05, 0.1) is 26.4 Å². The van der Waals surface area contributed by atoms with E-state index in [1.54, 1.807) is 0 Å². The minimum atomic E-state index is -4.52. The molecule has 0 radical (unpaired) electrons. The van der Waals surface area contributed by atoms with Crippen molar-refractivity contribution in [2.75, 3.05) is 33.0 Å². The second-order valence-corrected chi connectivity index (χ2v) is 16.2. The summed E-state index contributed by atoms with van der Waals surface area (Å²) in [5, 5.41) is 18.3. The molecule has 0 fully saturated rings. The molecular weight excluding hydrogens is 703 g/mol. The molecule has 0 spiro atoms. The minimum Gasteiger partial charge on any atom is -0.457 e. The largest absolute Gasteiger partial charge is 0.472 e. The van der Waals surface area contributed by atoms with E-state index in [1.807, 2.05) is 0 Å². The van der Waals surface area contributed by atoms with E-state index in [1.165, 1.54) is 109 Å². The highest BCUT2D eigenvalue weighted by Crippen LogP contribution is 2.43. The van der Waals surface area contributed by atoms with E-state index >= 15 is 0 Å². The summed E-state index contributed by atoms with van der Waals surface area (Å²) in [6, 6.07) is 0. The molecule has 0 aliphatic carbocycles. The number of hydrogen-bond donors (Lipinski definition) is 3. The van der Waals surface area contributed by atoms with Crippen LogP contribution >= 0.6 is 7.82 Å². The predicted octanol–water partition coefficient (Wildman–Crippen LogP) is 12.0. The maximum atomic E-state index is 12.6. The van der Waals surface area contributed by atoms with Crippen LogP contribution in [0.4, 0.5) is 0 Å². The van der Waals surface area contributed by atoms with Crippen molar-refractivity contribution in [2.45, 2.75) is 206 Å². The number of allylic oxidation sites excluding steroid dienone is 6. The first kappa shape index (κ1) is 52.7. The van der Waals surface area contributed by atoms with E-state index in [2.05, 4.69) is 50.3 Å². The van der Waals surface area contributed by atoms with Crippen molar-refractivity contribution in [1.29, 1.82) is 0 Å². The third kappa shape index (κ3) is 40.3. The Kier molecular flexibility index (Phi) is 40.3. The lowest BCUT2D eigenvalue weighted by Gasteiger charge is -2.20. The van der Waals surface area contributed by atoms with Gasteiger partial charge in [-0.15, -0.1) is 0 Å². The quantitative estimate of drug-likeness (QED) is 0.0239. The van der Waals surface area contributed by atoms with E-state index in [4.69, 9.17) is 23.6 Å². The number of aliphatic hydroxyl groups is 2. The summed E-state index contributed by atoms with van der Waals surface area (Å²) in [5.41, 5.74) is 0. The summed E-state index contributed by atoms with van der Waals surface area (Å²) in [4.78, 5) is 22.5. The number of hydrogen-bond acceptors (Lipinski definition) is 8. The monoisotopic (exact) mass is 787 g/mol. The first-order valence-electron chi connectivity index (χ1n) is 22.0. The molecule has 9 nitrogen and oxygen atoms in total. The normalized spacial score (nSPS) is 14.4. The molecule has 0 aromatic carbocycles. The fraction of sp³-hybridized carbons (Fsp3) is 0.841. The lowest BCUT2D eigenvalue weighted by molar-refractivity contribution is -0.154. The molecule has 10 heteroatoms. The van der Waals surface area contributed by atoms with E-state index in [-0.39, 0.29) is 19.6 Å². The highest BCUT2D eigenvalue weighted by molar-refractivity contribution is 7.47. The van der Waals surface area contributed by atoms with Crippen LogP contribution in [0.15, 0.2) is 36.5 Å². The van der Waals surface area contributed by atoms with Crippen molar-refractivity contribution in [3.63, 3.8) is 0 Å². The maximum absolute atomic E-state index is 12.6. The Balaban J connectivity index is 4.13. The molecule has 0 aromatic heterocycles. The molecule has 0 aromatic rings. The molecule has 0 rings (SSSR count). The molecule has 54 heavy (non-hydrogen) atoms. The van der Waals surface area contributed by atoms with Crippen LogP contribution in [0.25, 0.3) is 0 Å². The van der Waals surface area contributed by atoms with Crippen molar-refractivity contribution < 1.29 is 43.0 Å². The van der Waals surface area contributed by atoms with Crippen LogP contribution in [0, 0.1) is 0 Å². The van der Waals surface area contributed by atoms with Crippen molar-refractivity contribution >= 4 is 13.8 Å². The fourth-order valence-corrected chi connectivity index (χ4v) is 6.70. The van der Waals surface area contributed by atoms with Gasteiger partial charge in [0.15, 0.2) is 0 Å². The number of carbonyl (C=O) groups is 1. The first-order chi connectivity index (χ1) is 26.3. The smallest absolute Gasteiger partial charge is 0.457 e. The lowest BCUT2D eigenvalue weighted by Crippen LogP contribution is -2.29. The van der Waals surface area contributed by atoms with Crippen LogP contribution in [0.5, 0.6) is 0 Å². The van der Waals surface area contributed by atoms with Crippen molar-refractivity contribution in [3.8, 4) is 0 Å². The summed E-state index contributed by atoms with van der Waals surface area (Å²) >= 11 is 0. The number of unbranched alkanes of at least 4 members (excludes halogenated alkanes) is 22. The molecule has 0 saturated carbocycles. The average molecular weight is 787 g/mol. The molecule has 3 N–H and O–H groups in total. The third-order valence-corrected chi connectivity index (χ3v) is 10.2. The maximum Gasteiger partial charge on any atom is 0.472 e. The number of carbonyl (C=O) groups excluding carboxylic acids is 1. The molecule has 0 bridgehead atoms. The number of esters is 1. The Hall–Kier alpha value is -1.32. The molecule has 0 amide bonds. The van der Waals surface area contributed by atoms with Crippen LogP contribution in [-0.2, 0) is 27.9 Å². The summed E-state index contributed by atoms with van der Waals surface area (Å²) in [7, 11) is -4.52. The molecular formula is C44H83O9P. The summed E-state index contributed by atoms with van der Waals surface area (Å²) in [5.74, 6) is -0.393. The molecule has 0 heterocycles. The van der Waals surface area contributed by atoms with Crippen LogP contribution in [0.2, 0.25) is 0 Å². The second kappa shape index (κ2) is 41.3. The Morgan fingerprint density at radius 2 is 1.00 bits per heavy atom. The first-order valence-corrected chi connectivity index (χ1v) is 23.5. The Labute approximate surface area is 331 Å². The molecule has 0 aliphatic heterocycles. The topological polar surface area (TPSA) is 132 Å². The Morgan fingerprint density at radius 3 is 1.54 bits per heavy atom. The summed E-state index contributed by atoms with van der Waals surface area (Å²) < 4.78 is 33.3. The van der Waals surface area contributed by atoms with E-state index in [9.17, 15) is 19.4 Å². The van der Waals surface area contributed by atoms with E-state index < -0.39 is 39.2 Å². The number of rotatable bonds is 42. The van der Waals surface area contributed by atoms with Crippen molar-refractivity contribution in [2.24, 2.45) is 0 Å². The molecule has 0 saturated heterocycles. The minimum absolute atomic E-state index is 0.0447. The molecule has 318 valence electrons. The summed E-state index contributed by atoms with van der Waals surface area (Å²) in [6.07, 6.45) is 43.8. The number of ether oxygens (including phenoxy) is 2. The zero-order valence-electron chi connectivity index (χ0n) is 34.7. The third-order valence-electron chi connectivity index (χ3n) is 9.30. The van der Waals surface area contributed by atoms with Gasteiger partial charge in [0.1, 0.15) is 12.2 Å². The lowest BCUT2D eigenvalue weighted by atomic mass is 10.1. The van der Waals surface area contributed by atoms with Crippen molar-refractivity contribution in [1.82, 2.24) is 0 Å².